The molecular weight excluding hydrogens is 258 g/mol. The molecule has 1 saturated heterocycles. The van der Waals surface area contributed by atoms with Gasteiger partial charge >= 0.3 is 0 Å². The molecule has 0 aliphatic carbocycles. The maximum absolute atomic E-state index is 12.1. The molecule has 112 valence electrons. The second kappa shape index (κ2) is 6.37. The molecule has 20 heavy (non-hydrogen) atoms. The molecule has 1 fully saturated rings. The molecule has 1 amide bonds. The number of amides is 1. The number of hydrogen-bond donors (Lipinski definition) is 2. The first-order valence-electron chi connectivity index (χ1n) is 6.98. The lowest BCUT2D eigenvalue weighted by molar-refractivity contribution is -0.122. The van der Waals surface area contributed by atoms with Gasteiger partial charge < -0.3 is 19.9 Å². The van der Waals surface area contributed by atoms with Crippen molar-refractivity contribution in [2.75, 3.05) is 20.2 Å². The number of aromatic nitrogens is 1. The number of carbonyl (C=O) groups excluding carboxylic acids is 1. The van der Waals surface area contributed by atoms with E-state index in [0.717, 1.165) is 30.1 Å². The molecule has 1 aromatic rings. The molecule has 1 aromatic heterocycles. The van der Waals surface area contributed by atoms with E-state index in [1.54, 1.807) is 7.11 Å². The first-order valence-corrected chi connectivity index (χ1v) is 6.98. The maximum Gasteiger partial charge on any atom is 0.220 e. The van der Waals surface area contributed by atoms with Crippen LogP contribution in [0.4, 0.5) is 0 Å². The van der Waals surface area contributed by atoms with E-state index in [1.165, 1.54) is 0 Å². The summed E-state index contributed by atoms with van der Waals surface area (Å²) < 4.78 is 10.5. The Morgan fingerprint density at radius 2 is 2.30 bits per heavy atom. The summed E-state index contributed by atoms with van der Waals surface area (Å²) in [5, 5.41) is 10.2. The molecule has 0 spiro atoms. The summed E-state index contributed by atoms with van der Waals surface area (Å²) >= 11 is 0. The fourth-order valence-corrected chi connectivity index (χ4v) is 2.89. The molecule has 6 heteroatoms. The molecule has 2 N–H and O–H groups in total. The maximum atomic E-state index is 12.1. The van der Waals surface area contributed by atoms with Gasteiger partial charge in [0.1, 0.15) is 5.76 Å². The summed E-state index contributed by atoms with van der Waals surface area (Å²) in [5.74, 6) is 0.921. The Morgan fingerprint density at radius 1 is 1.55 bits per heavy atom. The topological polar surface area (TPSA) is 76.4 Å². The van der Waals surface area contributed by atoms with Crippen LogP contribution in [0, 0.1) is 13.8 Å². The molecule has 1 aliphatic rings. The van der Waals surface area contributed by atoms with E-state index in [2.05, 4.69) is 15.8 Å². The average molecular weight is 281 g/mol. The average Bonchev–Trinajstić information content (AvgIpc) is 2.96. The van der Waals surface area contributed by atoms with Crippen LogP contribution < -0.4 is 10.6 Å². The van der Waals surface area contributed by atoms with Crippen LogP contribution in [0.25, 0.3) is 0 Å². The number of rotatable bonds is 5. The van der Waals surface area contributed by atoms with E-state index in [4.69, 9.17) is 9.26 Å². The summed E-state index contributed by atoms with van der Waals surface area (Å²) in [6.07, 6.45) is 0.476. The van der Waals surface area contributed by atoms with E-state index in [9.17, 15) is 4.79 Å². The smallest absolute Gasteiger partial charge is 0.220 e. The molecule has 6 nitrogen and oxygen atoms in total. The highest BCUT2D eigenvalue weighted by atomic mass is 16.5. The third-order valence-corrected chi connectivity index (χ3v) is 3.88. The summed E-state index contributed by atoms with van der Waals surface area (Å²) in [6, 6.07) is 0.0457. The predicted octanol–water partition coefficient (Wildman–Crippen LogP) is 0.888. The summed E-state index contributed by atoms with van der Waals surface area (Å²) in [6.45, 7) is 7.34. The van der Waals surface area contributed by atoms with E-state index in [0.29, 0.717) is 6.42 Å². The second-order valence-corrected chi connectivity index (χ2v) is 5.45. The lowest BCUT2D eigenvalue weighted by atomic mass is 9.95. The molecule has 0 bridgehead atoms. The van der Waals surface area contributed by atoms with Crippen molar-refractivity contribution in [3.63, 3.8) is 0 Å². The minimum atomic E-state index is 0.0354. The molecule has 3 atom stereocenters. The Labute approximate surface area is 119 Å². The predicted molar refractivity (Wildman–Crippen MR) is 74.6 cm³/mol. The van der Waals surface area contributed by atoms with Gasteiger partial charge in [0.2, 0.25) is 5.91 Å². The lowest BCUT2D eigenvalue weighted by Gasteiger charge is -2.19. The number of carbonyl (C=O) groups is 1. The zero-order chi connectivity index (χ0) is 14.7. The van der Waals surface area contributed by atoms with E-state index >= 15 is 0 Å². The van der Waals surface area contributed by atoms with Gasteiger partial charge in [-0.25, -0.2) is 0 Å². The van der Waals surface area contributed by atoms with Crippen LogP contribution in [0.3, 0.4) is 0 Å². The summed E-state index contributed by atoms with van der Waals surface area (Å²) in [7, 11) is 1.67. The fourth-order valence-electron chi connectivity index (χ4n) is 2.89. The van der Waals surface area contributed by atoms with Gasteiger partial charge in [-0.3, -0.25) is 4.79 Å². The highest BCUT2D eigenvalue weighted by Crippen LogP contribution is 2.25. The van der Waals surface area contributed by atoms with Gasteiger partial charge in [0, 0.05) is 32.2 Å². The molecule has 0 unspecified atom stereocenters. The van der Waals surface area contributed by atoms with Gasteiger partial charge in [-0.05, 0) is 19.8 Å². The Bertz CT molecular complexity index is 453. The number of aryl methyl sites for hydroxylation is 2. The van der Waals surface area contributed by atoms with Crippen LogP contribution in [0.2, 0.25) is 0 Å². The van der Waals surface area contributed by atoms with E-state index in [-0.39, 0.29) is 24.0 Å². The lowest BCUT2D eigenvalue weighted by Crippen LogP contribution is -2.43. The van der Waals surface area contributed by atoms with Crippen LogP contribution >= 0.6 is 0 Å². The second-order valence-electron chi connectivity index (χ2n) is 5.45. The highest BCUT2D eigenvalue weighted by Gasteiger charge is 2.29. The largest absolute Gasteiger partial charge is 0.378 e. The fraction of sp³-hybridized carbons (Fsp3) is 0.714. The van der Waals surface area contributed by atoms with Gasteiger partial charge in [0.05, 0.1) is 17.8 Å². The first-order chi connectivity index (χ1) is 9.52. The Morgan fingerprint density at radius 3 is 2.90 bits per heavy atom. The zero-order valence-electron chi connectivity index (χ0n) is 12.5. The third-order valence-electron chi connectivity index (χ3n) is 3.88. The number of nitrogens with one attached hydrogen (secondary N) is 2. The Balaban J connectivity index is 1.91. The van der Waals surface area contributed by atoms with Gasteiger partial charge in [-0.1, -0.05) is 12.1 Å². The van der Waals surface area contributed by atoms with Crippen molar-refractivity contribution in [2.24, 2.45) is 0 Å². The minimum Gasteiger partial charge on any atom is -0.378 e. The van der Waals surface area contributed by atoms with Gasteiger partial charge in [-0.15, -0.1) is 0 Å². The quantitative estimate of drug-likeness (QED) is 0.838. The first kappa shape index (κ1) is 15.0. The molecule has 1 aliphatic heterocycles. The zero-order valence-corrected chi connectivity index (χ0v) is 12.5. The van der Waals surface area contributed by atoms with Crippen LogP contribution in [-0.2, 0) is 9.53 Å². The van der Waals surface area contributed by atoms with Crippen molar-refractivity contribution in [3.05, 3.63) is 17.0 Å². The van der Waals surface area contributed by atoms with Crippen molar-refractivity contribution in [3.8, 4) is 0 Å². The Kier molecular flexibility index (Phi) is 4.77. The van der Waals surface area contributed by atoms with Gasteiger partial charge in [0.25, 0.3) is 0 Å². The van der Waals surface area contributed by atoms with Crippen molar-refractivity contribution in [1.82, 2.24) is 15.8 Å². The van der Waals surface area contributed by atoms with Crippen molar-refractivity contribution in [2.45, 2.75) is 45.3 Å². The van der Waals surface area contributed by atoms with Gasteiger partial charge in [0.15, 0.2) is 0 Å². The molecule has 0 saturated carbocycles. The number of ether oxygens (including phenoxy) is 1. The monoisotopic (exact) mass is 281 g/mol. The van der Waals surface area contributed by atoms with Crippen LogP contribution in [0.5, 0.6) is 0 Å². The molecule has 2 heterocycles. The van der Waals surface area contributed by atoms with E-state index in [1.807, 2.05) is 20.8 Å². The molecule has 2 rings (SSSR count). The van der Waals surface area contributed by atoms with Crippen LogP contribution in [-0.4, -0.2) is 43.4 Å². The van der Waals surface area contributed by atoms with Crippen LogP contribution in [0.1, 0.15) is 36.3 Å². The number of nitrogens with zero attached hydrogens (tertiary/aromatic N) is 1. The summed E-state index contributed by atoms with van der Waals surface area (Å²) in [4.78, 5) is 12.1. The summed E-state index contributed by atoms with van der Waals surface area (Å²) in [5.41, 5.74) is 1.90. The molecule has 0 radical (unpaired) electrons. The SMILES string of the molecule is CO[C@H]1CNC[C@@H]1NC(=O)C[C@H](C)c1c(C)noc1C. The number of methoxy groups -OCH3 is 1. The van der Waals surface area contributed by atoms with E-state index < -0.39 is 0 Å². The normalized spacial score (nSPS) is 23.8. The van der Waals surface area contributed by atoms with Crippen molar-refractivity contribution >= 4 is 5.91 Å². The van der Waals surface area contributed by atoms with Crippen molar-refractivity contribution in [1.29, 1.82) is 0 Å². The number of hydrogen-bond acceptors (Lipinski definition) is 5. The van der Waals surface area contributed by atoms with Crippen molar-refractivity contribution < 1.29 is 14.1 Å². The van der Waals surface area contributed by atoms with Crippen LogP contribution in [0.15, 0.2) is 4.52 Å². The molecule has 0 aromatic carbocycles. The Hall–Kier alpha value is -1.40. The third kappa shape index (κ3) is 3.19. The van der Waals surface area contributed by atoms with Gasteiger partial charge in [-0.2, -0.15) is 0 Å². The standard InChI is InChI=1S/C14H23N3O3/c1-8(14-9(2)17-20-10(14)3)5-13(18)16-11-6-15-7-12(11)19-4/h8,11-12,15H,5-7H2,1-4H3,(H,16,18)/t8-,11-,12-/m0/s1. The highest BCUT2D eigenvalue weighted by molar-refractivity contribution is 5.77. The minimum absolute atomic E-state index is 0.0354. The molecular formula is C14H23N3O3.